The van der Waals surface area contributed by atoms with E-state index >= 15 is 0 Å². The fourth-order valence-corrected chi connectivity index (χ4v) is 5.05. The first-order valence-electron chi connectivity index (χ1n) is 9.61. The molecular formula is C19H30N2O5S. The average molecular weight is 399 g/mol. The minimum absolute atomic E-state index is 0.327. The zero-order valence-corrected chi connectivity index (χ0v) is 16.8. The number of hydrogen-bond donors (Lipinski definition) is 0. The van der Waals surface area contributed by atoms with Gasteiger partial charge >= 0.3 is 0 Å². The first kappa shape index (κ1) is 20.5. The molecule has 0 aliphatic carbocycles. The van der Waals surface area contributed by atoms with E-state index in [9.17, 15) is 8.42 Å². The molecule has 0 radical (unpaired) electrons. The molecule has 7 nitrogen and oxygen atoms in total. The second-order valence-corrected chi connectivity index (χ2v) is 9.01. The van der Waals surface area contributed by atoms with Gasteiger partial charge in [-0.2, -0.15) is 4.31 Å². The molecule has 2 saturated heterocycles. The average Bonchev–Trinajstić information content (AvgIpc) is 2.70. The predicted molar refractivity (Wildman–Crippen MR) is 103 cm³/mol. The maximum atomic E-state index is 12.9. The van der Waals surface area contributed by atoms with Crippen molar-refractivity contribution < 1.29 is 22.6 Å². The molecule has 0 N–H and O–H groups in total. The smallest absolute Gasteiger partial charge is 0.243 e. The van der Waals surface area contributed by atoms with Gasteiger partial charge in [-0.15, -0.1) is 0 Å². The molecular weight excluding hydrogens is 368 g/mol. The molecule has 1 aromatic rings. The molecule has 2 heterocycles. The third-order valence-corrected chi connectivity index (χ3v) is 7.12. The quantitative estimate of drug-likeness (QED) is 0.618. The van der Waals surface area contributed by atoms with E-state index in [1.165, 1.54) is 0 Å². The Balaban J connectivity index is 1.51. The summed E-state index contributed by atoms with van der Waals surface area (Å²) in [7, 11) is -1.83. The van der Waals surface area contributed by atoms with Crippen molar-refractivity contribution in [2.45, 2.75) is 17.7 Å². The minimum Gasteiger partial charge on any atom is -0.491 e. The monoisotopic (exact) mass is 398 g/mol. The molecule has 0 amide bonds. The van der Waals surface area contributed by atoms with Crippen molar-refractivity contribution in [3.63, 3.8) is 0 Å². The van der Waals surface area contributed by atoms with Gasteiger partial charge in [0.2, 0.25) is 10.0 Å². The molecule has 0 saturated carbocycles. The van der Waals surface area contributed by atoms with Crippen LogP contribution in [-0.4, -0.2) is 83.9 Å². The van der Waals surface area contributed by atoms with Crippen LogP contribution < -0.4 is 4.74 Å². The Bertz CT molecular complexity index is 666. The second kappa shape index (κ2) is 9.84. The van der Waals surface area contributed by atoms with E-state index in [0.29, 0.717) is 42.9 Å². The van der Waals surface area contributed by atoms with Crippen molar-refractivity contribution >= 4 is 10.0 Å². The Morgan fingerprint density at radius 1 is 1.04 bits per heavy atom. The van der Waals surface area contributed by atoms with Crippen LogP contribution in [0.2, 0.25) is 0 Å². The summed E-state index contributed by atoms with van der Waals surface area (Å²) in [6, 6.07) is 6.65. The van der Waals surface area contributed by atoms with Gasteiger partial charge < -0.3 is 14.2 Å². The van der Waals surface area contributed by atoms with Crippen LogP contribution in [0, 0.1) is 5.92 Å². The van der Waals surface area contributed by atoms with Crippen molar-refractivity contribution in [1.82, 2.24) is 9.21 Å². The summed E-state index contributed by atoms with van der Waals surface area (Å²) in [4.78, 5) is 2.76. The van der Waals surface area contributed by atoms with E-state index in [1.54, 1.807) is 35.7 Å². The lowest BCUT2D eigenvalue weighted by Crippen LogP contribution is -2.44. The number of hydrogen-bond acceptors (Lipinski definition) is 6. The van der Waals surface area contributed by atoms with Crippen molar-refractivity contribution in [1.29, 1.82) is 0 Å². The second-order valence-electron chi connectivity index (χ2n) is 7.07. The van der Waals surface area contributed by atoms with Crippen molar-refractivity contribution in [3.05, 3.63) is 24.3 Å². The van der Waals surface area contributed by atoms with Gasteiger partial charge in [0.1, 0.15) is 12.4 Å². The van der Waals surface area contributed by atoms with E-state index in [1.807, 2.05) is 0 Å². The third-order valence-electron chi connectivity index (χ3n) is 5.21. The largest absolute Gasteiger partial charge is 0.491 e. The van der Waals surface area contributed by atoms with E-state index in [-0.39, 0.29) is 0 Å². The molecule has 3 rings (SSSR count). The Labute approximate surface area is 162 Å². The van der Waals surface area contributed by atoms with Gasteiger partial charge in [0.15, 0.2) is 0 Å². The summed E-state index contributed by atoms with van der Waals surface area (Å²) in [5.74, 6) is 1.21. The van der Waals surface area contributed by atoms with Gasteiger partial charge in [-0.25, -0.2) is 8.42 Å². The molecule has 2 aliphatic rings. The molecule has 2 aliphatic heterocycles. The van der Waals surface area contributed by atoms with Gasteiger partial charge in [-0.05, 0) is 43.0 Å². The Morgan fingerprint density at radius 3 is 2.33 bits per heavy atom. The molecule has 0 atom stereocenters. The molecule has 0 bridgehead atoms. The summed E-state index contributed by atoms with van der Waals surface area (Å²) in [5, 5.41) is 0. The summed E-state index contributed by atoms with van der Waals surface area (Å²) >= 11 is 0. The van der Waals surface area contributed by atoms with Crippen molar-refractivity contribution in [2.24, 2.45) is 5.92 Å². The van der Waals surface area contributed by atoms with E-state index < -0.39 is 10.0 Å². The van der Waals surface area contributed by atoms with Crippen LogP contribution in [0.3, 0.4) is 0 Å². The van der Waals surface area contributed by atoms with Crippen molar-refractivity contribution in [2.75, 3.05) is 66.3 Å². The van der Waals surface area contributed by atoms with E-state index in [2.05, 4.69) is 4.90 Å². The molecule has 0 unspecified atom stereocenters. The maximum Gasteiger partial charge on any atom is 0.243 e. The molecule has 0 spiro atoms. The highest BCUT2D eigenvalue weighted by Crippen LogP contribution is 2.25. The highest BCUT2D eigenvalue weighted by Gasteiger charge is 2.30. The maximum absolute atomic E-state index is 12.9. The molecule has 1 aromatic carbocycles. The SMILES string of the molecule is COCCOc1ccc(S(=O)(=O)N2CCC(CN3CCOCC3)CC2)cc1. The summed E-state index contributed by atoms with van der Waals surface area (Å²) in [5.41, 5.74) is 0. The Morgan fingerprint density at radius 2 is 1.70 bits per heavy atom. The third kappa shape index (κ3) is 5.65. The predicted octanol–water partition coefficient (Wildman–Crippen LogP) is 1.44. The van der Waals surface area contributed by atoms with E-state index in [4.69, 9.17) is 14.2 Å². The number of benzene rings is 1. The van der Waals surface area contributed by atoms with Gasteiger partial charge in [0, 0.05) is 39.8 Å². The number of sulfonamides is 1. The van der Waals surface area contributed by atoms with Crippen LogP contribution in [0.25, 0.3) is 0 Å². The summed E-state index contributed by atoms with van der Waals surface area (Å²) < 4.78 is 43.2. The molecule has 2 fully saturated rings. The van der Waals surface area contributed by atoms with Gasteiger partial charge in [0.25, 0.3) is 0 Å². The number of morpholine rings is 1. The van der Waals surface area contributed by atoms with Gasteiger partial charge in [0.05, 0.1) is 24.7 Å². The minimum atomic E-state index is -3.44. The van der Waals surface area contributed by atoms with Crippen molar-refractivity contribution in [3.8, 4) is 5.75 Å². The lowest BCUT2D eigenvalue weighted by molar-refractivity contribution is 0.0269. The highest BCUT2D eigenvalue weighted by atomic mass is 32.2. The lowest BCUT2D eigenvalue weighted by atomic mass is 9.97. The zero-order valence-electron chi connectivity index (χ0n) is 16.0. The Kier molecular flexibility index (Phi) is 7.49. The number of nitrogens with zero attached hydrogens (tertiary/aromatic N) is 2. The molecule has 152 valence electrons. The number of piperidine rings is 1. The van der Waals surface area contributed by atoms with Crippen LogP contribution in [-0.2, 0) is 19.5 Å². The summed E-state index contributed by atoms with van der Waals surface area (Å²) in [6.45, 7) is 6.74. The van der Waals surface area contributed by atoms with Crippen LogP contribution in [0.4, 0.5) is 0 Å². The van der Waals surface area contributed by atoms with Gasteiger partial charge in [-0.1, -0.05) is 0 Å². The van der Waals surface area contributed by atoms with Crippen LogP contribution in [0.15, 0.2) is 29.2 Å². The molecule has 27 heavy (non-hydrogen) atoms. The fourth-order valence-electron chi connectivity index (χ4n) is 3.58. The molecule has 8 heteroatoms. The molecule has 0 aromatic heterocycles. The topological polar surface area (TPSA) is 68.3 Å². The number of methoxy groups -OCH3 is 1. The standard InChI is InChI=1S/C19H30N2O5S/c1-24-14-15-26-18-2-4-19(5-3-18)27(22,23)21-8-6-17(7-9-21)16-20-10-12-25-13-11-20/h2-5,17H,6-16H2,1H3. The number of rotatable bonds is 8. The van der Waals surface area contributed by atoms with E-state index in [0.717, 1.165) is 45.7 Å². The zero-order chi connectivity index (χ0) is 19.1. The normalized spacial score (nSPS) is 20.6. The van der Waals surface area contributed by atoms with Gasteiger partial charge in [-0.3, -0.25) is 4.90 Å². The first-order valence-corrected chi connectivity index (χ1v) is 11.1. The summed E-state index contributed by atoms with van der Waals surface area (Å²) in [6.07, 6.45) is 1.82. The fraction of sp³-hybridized carbons (Fsp3) is 0.684. The van der Waals surface area contributed by atoms with Crippen LogP contribution in [0.5, 0.6) is 5.75 Å². The lowest BCUT2D eigenvalue weighted by Gasteiger charge is -2.35. The Hall–Kier alpha value is -1.19. The first-order chi connectivity index (χ1) is 13.1. The highest BCUT2D eigenvalue weighted by molar-refractivity contribution is 7.89. The van der Waals surface area contributed by atoms with Crippen LogP contribution >= 0.6 is 0 Å². The van der Waals surface area contributed by atoms with Crippen LogP contribution in [0.1, 0.15) is 12.8 Å². The number of ether oxygens (including phenoxy) is 3.